The molecule has 3 N–H and O–H groups in total. The SMILES string of the molecule is CC(=O)O[C@@H](CC(=O)O)C[N+](C)(C)C.O=C(O)/C=C/C(=O)O. The molecule has 1 atom stereocenters. The molecule has 126 valence electrons. The fraction of sp³-hybridized carbons (Fsp3) is 0.538. The molecule has 0 unspecified atom stereocenters. The van der Waals surface area contributed by atoms with Gasteiger partial charge in [-0.2, -0.15) is 0 Å². The Labute approximate surface area is 128 Å². The first-order valence-corrected chi connectivity index (χ1v) is 6.17. The van der Waals surface area contributed by atoms with Crippen LogP contribution in [0.5, 0.6) is 0 Å². The zero-order valence-corrected chi connectivity index (χ0v) is 13.0. The first-order chi connectivity index (χ1) is 9.83. The van der Waals surface area contributed by atoms with Crippen molar-refractivity contribution in [3.8, 4) is 0 Å². The van der Waals surface area contributed by atoms with Crippen molar-refractivity contribution in [1.82, 2.24) is 0 Å². The Hall–Kier alpha value is -2.42. The molecule has 0 radical (unpaired) electrons. The number of carboxylic acid groups (broad SMARTS) is 3. The number of quaternary nitrogens is 1. The van der Waals surface area contributed by atoms with Crippen molar-refractivity contribution in [2.75, 3.05) is 27.7 Å². The normalized spacial score (nSPS) is 12.0. The van der Waals surface area contributed by atoms with Crippen LogP contribution in [0.4, 0.5) is 0 Å². The van der Waals surface area contributed by atoms with Gasteiger partial charge in [0, 0.05) is 19.1 Å². The zero-order valence-electron chi connectivity index (χ0n) is 13.0. The summed E-state index contributed by atoms with van der Waals surface area (Å²) in [5, 5.41) is 24.2. The third kappa shape index (κ3) is 19.9. The van der Waals surface area contributed by atoms with Crippen LogP contribution in [0.25, 0.3) is 0 Å². The molecule has 0 heterocycles. The Morgan fingerprint density at radius 1 is 1.00 bits per heavy atom. The molecule has 0 aromatic heterocycles. The van der Waals surface area contributed by atoms with E-state index in [0.29, 0.717) is 23.2 Å². The molecule has 0 aliphatic heterocycles. The van der Waals surface area contributed by atoms with E-state index in [1.54, 1.807) is 0 Å². The summed E-state index contributed by atoms with van der Waals surface area (Å²) in [6.45, 7) is 1.77. The summed E-state index contributed by atoms with van der Waals surface area (Å²) >= 11 is 0. The number of rotatable bonds is 7. The van der Waals surface area contributed by atoms with Gasteiger partial charge in [-0.15, -0.1) is 0 Å². The minimum Gasteiger partial charge on any atom is -0.481 e. The molecule has 0 spiro atoms. The van der Waals surface area contributed by atoms with Crippen molar-refractivity contribution in [2.45, 2.75) is 19.4 Å². The lowest BCUT2D eigenvalue weighted by Gasteiger charge is -2.28. The van der Waals surface area contributed by atoms with Gasteiger partial charge in [-0.1, -0.05) is 0 Å². The highest BCUT2D eigenvalue weighted by Crippen LogP contribution is 2.04. The lowest BCUT2D eigenvalue weighted by molar-refractivity contribution is -0.873. The Morgan fingerprint density at radius 2 is 1.41 bits per heavy atom. The smallest absolute Gasteiger partial charge is 0.328 e. The van der Waals surface area contributed by atoms with Crippen molar-refractivity contribution in [1.29, 1.82) is 0 Å². The molecule has 0 aromatic rings. The molecule has 9 nitrogen and oxygen atoms in total. The summed E-state index contributed by atoms with van der Waals surface area (Å²) in [6, 6.07) is 0. The van der Waals surface area contributed by atoms with E-state index in [1.807, 2.05) is 21.1 Å². The molecule has 22 heavy (non-hydrogen) atoms. The summed E-state index contributed by atoms with van der Waals surface area (Å²) in [5.41, 5.74) is 0. The predicted octanol–water partition coefficient (Wildman–Crippen LogP) is -0.189. The highest BCUT2D eigenvalue weighted by atomic mass is 16.5. The molecular formula is C13H22NO8+. The first-order valence-electron chi connectivity index (χ1n) is 6.17. The maximum atomic E-state index is 10.7. The van der Waals surface area contributed by atoms with Crippen LogP contribution in [0, 0.1) is 0 Å². The van der Waals surface area contributed by atoms with Crippen LogP contribution in [0.1, 0.15) is 13.3 Å². The fourth-order valence-electron chi connectivity index (χ4n) is 1.33. The van der Waals surface area contributed by atoms with Gasteiger partial charge in [0.05, 0.1) is 27.6 Å². The highest BCUT2D eigenvalue weighted by molar-refractivity contribution is 5.89. The van der Waals surface area contributed by atoms with Crippen LogP contribution in [0.3, 0.4) is 0 Å². The third-order valence-electron chi connectivity index (χ3n) is 1.85. The van der Waals surface area contributed by atoms with Gasteiger partial charge in [0.15, 0.2) is 6.10 Å². The van der Waals surface area contributed by atoms with Crippen molar-refractivity contribution < 1.29 is 43.7 Å². The van der Waals surface area contributed by atoms with Gasteiger partial charge in [-0.25, -0.2) is 9.59 Å². The van der Waals surface area contributed by atoms with Crippen molar-refractivity contribution in [3.63, 3.8) is 0 Å². The fourth-order valence-corrected chi connectivity index (χ4v) is 1.33. The van der Waals surface area contributed by atoms with Gasteiger partial charge in [0.1, 0.15) is 6.54 Å². The molecule has 0 rings (SSSR count). The van der Waals surface area contributed by atoms with Crippen LogP contribution < -0.4 is 0 Å². The van der Waals surface area contributed by atoms with E-state index in [-0.39, 0.29) is 6.42 Å². The lowest BCUT2D eigenvalue weighted by atomic mass is 10.2. The number of carboxylic acids is 3. The predicted molar refractivity (Wildman–Crippen MR) is 75.1 cm³/mol. The largest absolute Gasteiger partial charge is 0.481 e. The van der Waals surface area contributed by atoms with Gasteiger partial charge < -0.3 is 24.5 Å². The molecule has 0 aliphatic rings. The Balaban J connectivity index is 0. The van der Waals surface area contributed by atoms with E-state index in [0.717, 1.165) is 0 Å². The standard InChI is InChI=1S/C9H17NO4.C4H4O4/c1-7(11)14-8(5-9(12)13)6-10(2,3)4;5-3(6)1-2-4(7)8/h8H,5-6H2,1-4H3;1-2H,(H,5,6)(H,7,8)/p+1/b;2-1+/t8-;/m0./s1. The molecule has 0 bridgehead atoms. The van der Waals surface area contributed by atoms with Gasteiger partial charge in [-0.3, -0.25) is 9.59 Å². The monoisotopic (exact) mass is 320 g/mol. The second-order valence-corrected chi connectivity index (χ2v) is 5.31. The molecule has 9 heteroatoms. The number of hydrogen-bond acceptors (Lipinski definition) is 5. The van der Waals surface area contributed by atoms with E-state index < -0.39 is 30.0 Å². The maximum absolute atomic E-state index is 10.7. The maximum Gasteiger partial charge on any atom is 0.328 e. The molecule has 0 amide bonds. The lowest BCUT2D eigenvalue weighted by Crippen LogP contribution is -2.43. The molecule has 0 saturated heterocycles. The minimum atomic E-state index is -1.26. The first kappa shape index (κ1) is 21.9. The van der Waals surface area contributed by atoms with Gasteiger partial charge >= 0.3 is 23.9 Å². The Bertz CT molecular complexity index is 404. The molecule has 0 saturated carbocycles. The summed E-state index contributed by atoms with van der Waals surface area (Å²) in [6.07, 6.45) is 0.421. The Kier molecular flexibility index (Phi) is 10.3. The van der Waals surface area contributed by atoms with E-state index in [1.165, 1.54) is 6.92 Å². The van der Waals surface area contributed by atoms with Crippen LogP contribution >= 0.6 is 0 Å². The quantitative estimate of drug-likeness (QED) is 0.333. The van der Waals surface area contributed by atoms with Crippen LogP contribution in [0.15, 0.2) is 12.2 Å². The van der Waals surface area contributed by atoms with Gasteiger partial charge in [0.25, 0.3) is 0 Å². The van der Waals surface area contributed by atoms with E-state index in [4.69, 9.17) is 20.1 Å². The highest BCUT2D eigenvalue weighted by Gasteiger charge is 2.23. The molecule has 0 aromatic carbocycles. The topological polar surface area (TPSA) is 138 Å². The van der Waals surface area contributed by atoms with Crippen LogP contribution in [-0.4, -0.2) is 77.5 Å². The molecule has 0 aliphatic carbocycles. The number of hydrogen-bond donors (Lipinski definition) is 3. The average molecular weight is 320 g/mol. The Morgan fingerprint density at radius 3 is 1.64 bits per heavy atom. The van der Waals surface area contributed by atoms with E-state index in [2.05, 4.69) is 0 Å². The number of likely N-dealkylation sites (N-methyl/N-ethyl adjacent to an activating group) is 1. The number of ether oxygens (including phenoxy) is 1. The van der Waals surface area contributed by atoms with Crippen molar-refractivity contribution in [3.05, 3.63) is 12.2 Å². The second kappa shape index (κ2) is 10.3. The molecular weight excluding hydrogens is 298 g/mol. The molecule has 0 fully saturated rings. The number of esters is 1. The summed E-state index contributed by atoms with van der Waals surface area (Å²) in [5.74, 6) is -3.91. The number of carbonyl (C=O) groups excluding carboxylic acids is 1. The second-order valence-electron chi connectivity index (χ2n) is 5.31. The summed E-state index contributed by atoms with van der Waals surface area (Å²) in [7, 11) is 5.75. The third-order valence-corrected chi connectivity index (χ3v) is 1.85. The number of nitrogens with zero attached hydrogens (tertiary/aromatic N) is 1. The zero-order chi connectivity index (χ0) is 17.9. The van der Waals surface area contributed by atoms with Gasteiger partial charge in [0.2, 0.25) is 0 Å². The minimum absolute atomic E-state index is 0.144. The number of carbonyl (C=O) groups is 4. The summed E-state index contributed by atoms with van der Waals surface area (Å²) in [4.78, 5) is 40.3. The van der Waals surface area contributed by atoms with Crippen molar-refractivity contribution in [2.24, 2.45) is 0 Å². The average Bonchev–Trinajstić information content (AvgIpc) is 2.22. The van der Waals surface area contributed by atoms with Gasteiger partial charge in [-0.05, 0) is 0 Å². The van der Waals surface area contributed by atoms with Crippen LogP contribution in [0.2, 0.25) is 0 Å². The van der Waals surface area contributed by atoms with Crippen LogP contribution in [-0.2, 0) is 23.9 Å². The van der Waals surface area contributed by atoms with E-state index in [9.17, 15) is 19.2 Å². The van der Waals surface area contributed by atoms with Crippen molar-refractivity contribution >= 4 is 23.9 Å². The summed E-state index contributed by atoms with van der Waals surface area (Å²) < 4.78 is 5.46. The number of aliphatic carboxylic acids is 3. The van der Waals surface area contributed by atoms with E-state index >= 15 is 0 Å².